The van der Waals surface area contributed by atoms with E-state index in [9.17, 15) is 0 Å². The smallest absolute Gasteiger partial charge is 0.0246 e. The summed E-state index contributed by atoms with van der Waals surface area (Å²) in [6.45, 7) is 0. The van der Waals surface area contributed by atoms with Gasteiger partial charge in [0.2, 0.25) is 0 Å². The lowest BCUT2D eigenvalue weighted by Crippen LogP contribution is -2.43. The van der Waals surface area contributed by atoms with E-state index in [2.05, 4.69) is 48.5 Å². The molecule has 102 valence electrons. The molecule has 1 nitrogen and oxygen atoms in total. The molecule has 1 heterocycles. The molecule has 0 aromatic heterocycles. The fraction of sp³-hybridized carbons (Fsp3) is 0.333. The van der Waals surface area contributed by atoms with E-state index in [-0.39, 0.29) is 5.54 Å². The zero-order valence-corrected chi connectivity index (χ0v) is 12.3. The van der Waals surface area contributed by atoms with Crippen LogP contribution in [-0.2, 0) is 19.3 Å². The van der Waals surface area contributed by atoms with Crippen molar-refractivity contribution in [3.05, 3.63) is 65.2 Å². The largest absolute Gasteiger partial charge is 0.324 e. The molecule has 0 saturated carbocycles. The highest BCUT2D eigenvalue weighted by Gasteiger charge is 2.37. The molecule has 0 saturated heterocycles. The topological polar surface area (TPSA) is 26.0 Å². The maximum absolute atomic E-state index is 6.71. The summed E-state index contributed by atoms with van der Waals surface area (Å²) in [5, 5.41) is 0.645. The molecule has 0 amide bonds. The zero-order valence-electron chi connectivity index (χ0n) is 11.5. The van der Waals surface area contributed by atoms with Gasteiger partial charge in [0, 0.05) is 15.7 Å². The lowest BCUT2D eigenvalue weighted by molar-refractivity contribution is 0.409. The third-order valence-corrected chi connectivity index (χ3v) is 5.87. The summed E-state index contributed by atoms with van der Waals surface area (Å²) < 4.78 is 0. The third kappa shape index (κ3) is 2.17. The number of hydrogen-bond donors (Lipinski definition) is 1. The monoisotopic (exact) mass is 281 g/mol. The Bertz CT molecular complexity index is 599. The van der Waals surface area contributed by atoms with Gasteiger partial charge in [0.15, 0.2) is 0 Å². The lowest BCUT2D eigenvalue weighted by atomic mass is 9.89. The maximum Gasteiger partial charge on any atom is 0.0246 e. The molecule has 2 aromatic carbocycles. The van der Waals surface area contributed by atoms with Crippen LogP contribution >= 0.6 is 11.8 Å². The van der Waals surface area contributed by atoms with Gasteiger partial charge >= 0.3 is 0 Å². The highest BCUT2D eigenvalue weighted by atomic mass is 32.2. The average Bonchev–Trinajstić information content (AvgIpc) is 2.97. The minimum Gasteiger partial charge on any atom is -0.324 e. The van der Waals surface area contributed by atoms with Crippen LogP contribution in [0.5, 0.6) is 0 Å². The number of fused-ring (bicyclic) bond motifs is 2. The molecule has 1 atom stereocenters. The highest BCUT2D eigenvalue weighted by Crippen LogP contribution is 2.42. The predicted molar refractivity (Wildman–Crippen MR) is 85.2 cm³/mol. The van der Waals surface area contributed by atoms with Gasteiger partial charge in [0.05, 0.1) is 0 Å². The maximum atomic E-state index is 6.71. The van der Waals surface area contributed by atoms with Crippen LogP contribution in [0.25, 0.3) is 0 Å². The van der Waals surface area contributed by atoms with Crippen LogP contribution in [-0.4, -0.2) is 10.8 Å². The summed E-state index contributed by atoms with van der Waals surface area (Å²) in [4.78, 5) is 1.46. The van der Waals surface area contributed by atoms with E-state index >= 15 is 0 Å². The fourth-order valence-corrected chi connectivity index (χ4v) is 5.19. The summed E-state index contributed by atoms with van der Waals surface area (Å²) in [7, 11) is 0. The molecule has 1 unspecified atom stereocenters. The first-order chi connectivity index (χ1) is 9.72. The Morgan fingerprint density at radius 2 is 1.55 bits per heavy atom. The molecule has 0 fully saturated rings. The second kappa shape index (κ2) is 4.64. The van der Waals surface area contributed by atoms with Crippen LogP contribution in [0.2, 0.25) is 0 Å². The molecule has 20 heavy (non-hydrogen) atoms. The summed E-state index contributed by atoms with van der Waals surface area (Å²) in [6, 6.07) is 17.5. The van der Waals surface area contributed by atoms with Gasteiger partial charge < -0.3 is 5.73 Å². The Kier molecular flexibility index (Phi) is 2.90. The number of rotatable bonds is 2. The number of benzene rings is 2. The van der Waals surface area contributed by atoms with E-state index in [0.29, 0.717) is 5.25 Å². The number of nitrogens with two attached hydrogens (primary N) is 1. The molecule has 4 rings (SSSR count). The van der Waals surface area contributed by atoms with Crippen LogP contribution in [0.3, 0.4) is 0 Å². The van der Waals surface area contributed by atoms with Crippen molar-refractivity contribution < 1.29 is 0 Å². The van der Waals surface area contributed by atoms with Gasteiger partial charge in [-0.15, -0.1) is 11.8 Å². The van der Waals surface area contributed by atoms with Crippen molar-refractivity contribution in [3.8, 4) is 0 Å². The first kappa shape index (κ1) is 12.5. The highest BCUT2D eigenvalue weighted by molar-refractivity contribution is 8.00. The third-order valence-electron chi connectivity index (χ3n) is 4.55. The molecule has 2 N–H and O–H groups in total. The normalized spacial score (nSPS) is 22.6. The summed E-state index contributed by atoms with van der Waals surface area (Å²) in [6.07, 6.45) is 4.37. The van der Waals surface area contributed by atoms with Gasteiger partial charge in [-0.1, -0.05) is 42.5 Å². The first-order valence-electron chi connectivity index (χ1n) is 7.32. The van der Waals surface area contributed by atoms with Crippen LogP contribution in [0.4, 0.5) is 0 Å². The fourth-order valence-electron chi connectivity index (χ4n) is 3.69. The van der Waals surface area contributed by atoms with E-state index in [1.165, 1.54) is 28.0 Å². The van der Waals surface area contributed by atoms with E-state index in [1.54, 1.807) is 0 Å². The Balaban J connectivity index is 1.49. The quantitative estimate of drug-likeness (QED) is 0.910. The van der Waals surface area contributed by atoms with Crippen molar-refractivity contribution in [2.75, 3.05) is 0 Å². The van der Waals surface area contributed by atoms with Crippen LogP contribution in [0.1, 0.15) is 23.1 Å². The van der Waals surface area contributed by atoms with Gasteiger partial charge in [0.25, 0.3) is 0 Å². The molecule has 0 spiro atoms. The van der Waals surface area contributed by atoms with E-state index in [1.807, 2.05) is 11.8 Å². The first-order valence-corrected chi connectivity index (χ1v) is 8.20. The van der Waals surface area contributed by atoms with Gasteiger partial charge in [-0.25, -0.2) is 0 Å². The molecular weight excluding hydrogens is 262 g/mol. The van der Waals surface area contributed by atoms with Crippen molar-refractivity contribution in [1.82, 2.24) is 0 Å². The van der Waals surface area contributed by atoms with E-state index in [4.69, 9.17) is 5.73 Å². The van der Waals surface area contributed by atoms with Crippen molar-refractivity contribution in [2.24, 2.45) is 5.73 Å². The Morgan fingerprint density at radius 3 is 2.20 bits per heavy atom. The Hall–Kier alpha value is -1.25. The Labute approximate surface area is 124 Å². The van der Waals surface area contributed by atoms with Crippen LogP contribution in [0, 0.1) is 0 Å². The summed E-state index contributed by atoms with van der Waals surface area (Å²) >= 11 is 2.02. The standard InChI is InChI=1S/C18H19NS/c19-18(10-14-6-1-2-7-15(14)11-18)12-16-9-13-5-3-4-8-17(13)20-16/h1-8,16H,9-12,19H2. The predicted octanol–water partition coefficient (Wildman–Crippen LogP) is 3.59. The minimum atomic E-state index is -0.0383. The molecular formula is C18H19NS. The molecule has 2 aliphatic rings. The minimum absolute atomic E-state index is 0.0383. The molecule has 2 aromatic rings. The zero-order chi connectivity index (χ0) is 13.6. The van der Waals surface area contributed by atoms with Crippen molar-refractivity contribution in [3.63, 3.8) is 0 Å². The van der Waals surface area contributed by atoms with Crippen molar-refractivity contribution >= 4 is 11.8 Å². The van der Waals surface area contributed by atoms with Crippen LogP contribution in [0.15, 0.2) is 53.4 Å². The number of hydrogen-bond acceptors (Lipinski definition) is 2. The van der Waals surface area contributed by atoms with Crippen molar-refractivity contribution in [2.45, 2.75) is 41.4 Å². The molecule has 0 radical (unpaired) electrons. The van der Waals surface area contributed by atoms with Gasteiger partial charge in [-0.05, 0) is 48.4 Å². The lowest BCUT2D eigenvalue weighted by Gasteiger charge is -2.26. The SMILES string of the molecule is NC1(CC2Cc3ccccc3S2)Cc2ccccc2C1. The number of thioether (sulfide) groups is 1. The molecule has 2 heteroatoms. The molecule has 1 aliphatic carbocycles. The molecule has 0 bridgehead atoms. The second-order valence-electron chi connectivity index (χ2n) is 6.24. The second-order valence-corrected chi connectivity index (χ2v) is 7.58. The van der Waals surface area contributed by atoms with Gasteiger partial charge in [-0.2, -0.15) is 0 Å². The average molecular weight is 281 g/mol. The van der Waals surface area contributed by atoms with Gasteiger partial charge in [-0.3, -0.25) is 0 Å². The van der Waals surface area contributed by atoms with E-state index < -0.39 is 0 Å². The van der Waals surface area contributed by atoms with Crippen molar-refractivity contribution in [1.29, 1.82) is 0 Å². The van der Waals surface area contributed by atoms with Crippen LogP contribution < -0.4 is 5.73 Å². The summed E-state index contributed by atoms with van der Waals surface area (Å²) in [5.74, 6) is 0. The Morgan fingerprint density at radius 1 is 0.950 bits per heavy atom. The van der Waals surface area contributed by atoms with Gasteiger partial charge in [0.1, 0.15) is 0 Å². The molecule has 1 aliphatic heterocycles. The van der Waals surface area contributed by atoms with E-state index in [0.717, 1.165) is 19.3 Å². The summed E-state index contributed by atoms with van der Waals surface area (Å²) in [5.41, 5.74) is 11.1.